The Hall–Kier alpha value is -1.48. The molecule has 0 aromatic heterocycles. The van der Waals surface area contributed by atoms with Crippen molar-refractivity contribution >= 4 is 21.9 Å². The molecule has 19 heavy (non-hydrogen) atoms. The number of rotatable bonds is 5. The fourth-order valence-electron chi connectivity index (χ4n) is 1.75. The molecule has 0 aliphatic rings. The average molecular weight is 332 g/mol. The number of carbonyl (C=O) groups excluding carboxylic acids is 1. The quantitative estimate of drug-likeness (QED) is 0.613. The molecular weight excluding hydrogens is 320 g/mol. The summed E-state index contributed by atoms with van der Waals surface area (Å²) in [6, 6.07) is 4.74. The van der Waals surface area contributed by atoms with Gasteiger partial charge >= 0.3 is 5.97 Å². The molecule has 1 aromatic rings. The molecule has 0 atom stereocenters. The Balaban J connectivity index is 3.31. The molecule has 0 unspecified atom stereocenters. The molecule has 0 bridgehead atoms. The molecular formula is C13H12BrF2NO2. The third-order valence-corrected chi connectivity index (χ3v) is 3.16. The largest absolute Gasteiger partial charge is 0.466 e. The summed E-state index contributed by atoms with van der Waals surface area (Å²) in [5.41, 5.74) is 0.234. The second-order valence-electron chi connectivity index (χ2n) is 3.69. The van der Waals surface area contributed by atoms with Crippen LogP contribution in [-0.2, 0) is 21.3 Å². The summed E-state index contributed by atoms with van der Waals surface area (Å²) in [7, 11) is 0. The summed E-state index contributed by atoms with van der Waals surface area (Å²) in [6.07, 6.45) is -3.07. The summed E-state index contributed by atoms with van der Waals surface area (Å²) >= 11 is 3.12. The lowest BCUT2D eigenvalue weighted by atomic mass is 9.95. The molecule has 1 rings (SSSR count). The van der Waals surface area contributed by atoms with Gasteiger partial charge in [0.05, 0.1) is 24.7 Å². The van der Waals surface area contributed by atoms with Gasteiger partial charge < -0.3 is 4.74 Å². The van der Waals surface area contributed by atoms with Gasteiger partial charge in [0, 0.05) is 10.9 Å². The van der Waals surface area contributed by atoms with Crippen molar-refractivity contribution in [1.82, 2.24) is 0 Å². The van der Waals surface area contributed by atoms with Crippen molar-refractivity contribution < 1.29 is 18.3 Å². The van der Waals surface area contributed by atoms with Gasteiger partial charge in [0.25, 0.3) is 6.43 Å². The second kappa shape index (κ2) is 7.19. The molecule has 0 aliphatic carbocycles. The van der Waals surface area contributed by atoms with E-state index in [1.54, 1.807) is 6.92 Å². The van der Waals surface area contributed by atoms with Crippen molar-refractivity contribution in [3.63, 3.8) is 0 Å². The van der Waals surface area contributed by atoms with Gasteiger partial charge in [0.1, 0.15) is 0 Å². The SMILES string of the molecule is CCOC(=O)Cc1c(C#N)ccc(CBr)c1C(F)F. The van der Waals surface area contributed by atoms with Gasteiger partial charge in [-0.25, -0.2) is 8.78 Å². The van der Waals surface area contributed by atoms with Gasteiger partial charge in [-0.1, -0.05) is 22.0 Å². The first kappa shape index (κ1) is 15.6. The summed E-state index contributed by atoms with van der Waals surface area (Å²) in [5.74, 6) is -0.618. The normalized spacial score (nSPS) is 10.3. The number of alkyl halides is 3. The maximum atomic E-state index is 13.1. The van der Waals surface area contributed by atoms with E-state index >= 15 is 0 Å². The molecule has 0 radical (unpaired) electrons. The number of ether oxygens (including phenoxy) is 1. The van der Waals surface area contributed by atoms with Gasteiger partial charge in [-0.05, 0) is 24.1 Å². The molecule has 0 saturated carbocycles. The molecule has 102 valence electrons. The summed E-state index contributed by atoms with van der Waals surface area (Å²) in [6.45, 7) is 1.80. The molecule has 1 aromatic carbocycles. The lowest BCUT2D eigenvalue weighted by molar-refractivity contribution is -0.142. The molecule has 0 saturated heterocycles. The van der Waals surface area contributed by atoms with Crippen LogP contribution in [0.3, 0.4) is 0 Å². The predicted molar refractivity (Wildman–Crippen MR) is 69.1 cm³/mol. The van der Waals surface area contributed by atoms with Gasteiger partial charge in [0.15, 0.2) is 0 Å². The monoisotopic (exact) mass is 331 g/mol. The molecule has 0 aliphatic heterocycles. The van der Waals surface area contributed by atoms with E-state index in [0.29, 0.717) is 5.56 Å². The van der Waals surface area contributed by atoms with Crippen molar-refractivity contribution in [2.45, 2.75) is 25.1 Å². The Morgan fingerprint density at radius 3 is 2.68 bits per heavy atom. The highest BCUT2D eigenvalue weighted by atomic mass is 79.9. The molecule has 0 spiro atoms. The minimum atomic E-state index is -2.75. The van der Waals surface area contributed by atoms with Crippen LogP contribution in [0.25, 0.3) is 0 Å². The van der Waals surface area contributed by atoms with Gasteiger partial charge in [0.2, 0.25) is 0 Å². The van der Waals surface area contributed by atoms with Crippen LogP contribution in [0.4, 0.5) is 8.78 Å². The Labute approximate surface area is 118 Å². The number of carbonyl (C=O) groups is 1. The molecule has 6 heteroatoms. The standard InChI is InChI=1S/C13H12BrF2NO2/c1-2-19-11(18)5-10-9(7-17)4-3-8(6-14)12(10)13(15)16/h3-4,13H,2,5-6H2,1H3. The van der Waals surface area contributed by atoms with Crippen LogP contribution in [0, 0.1) is 11.3 Å². The van der Waals surface area contributed by atoms with E-state index in [2.05, 4.69) is 15.9 Å². The number of hydrogen-bond acceptors (Lipinski definition) is 3. The van der Waals surface area contributed by atoms with E-state index in [4.69, 9.17) is 10.00 Å². The van der Waals surface area contributed by atoms with Gasteiger partial charge in [-0.3, -0.25) is 4.79 Å². The number of nitriles is 1. The van der Waals surface area contributed by atoms with Crippen molar-refractivity contribution in [2.24, 2.45) is 0 Å². The lowest BCUT2D eigenvalue weighted by Gasteiger charge is -2.14. The minimum Gasteiger partial charge on any atom is -0.466 e. The summed E-state index contributed by atoms with van der Waals surface area (Å²) < 4.78 is 31.0. The predicted octanol–water partition coefficient (Wildman–Crippen LogP) is 3.50. The van der Waals surface area contributed by atoms with E-state index in [-0.39, 0.29) is 35.0 Å². The number of esters is 1. The number of halogens is 3. The van der Waals surface area contributed by atoms with E-state index in [1.807, 2.05) is 6.07 Å². The van der Waals surface area contributed by atoms with E-state index in [9.17, 15) is 13.6 Å². The third-order valence-electron chi connectivity index (χ3n) is 2.56. The van der Waals surface area contributed by atoms with Crippen LogP contribution >= 0.6 is 15.9 Å². The van der Waals surface area contributed by atoms with E-state index < -0.39 is 12.4 Å². The topological polar surface area (TPSA) is 50.1 Å². The van der Waals surface area contributed by atoms with Crippen LogP contribution in [0.2, 0.25) is 0 Å². The van der Waals surface area contributed by atoms with E-state index in [1.165, 1.54) is 12.1 Å². The average Bonchev–Trinajstić information content (AvgIpc) is 2.37. The first-order valence-electron chi connectivity index (χ1n) is 5.59. The van der Waals surface area contributed by atoms with Crippen molar-refractivity contribution in [1.29, 1.82) is 5.26 Å². The molecule has 0 N–H and O–H groups in total. The number of benzene rings is 1. The van der Waals surface area contributed by atoms with Crippen LogP contribution < -0.4 is 0 Å². The summed E-state index contributed by atoms with van der Waals surface area (Å²) in [5, 5.41) is 9.20. The Bertz CT molecular complexity index is 512. The first-order valence-corrected chi connectivity index (χ1v) is 6.71. The fourth-order valence-corrected chi connectivity index (χ4v) is 2.24. The zero-order chi connectivity index (χ0) is 14.4. The van der Waals surface area contributed by atoms with E-state index in [0.717, 1.165) is 0 Å². The van der Waals surface area contributed by atoms with Crippen molar-refractivity contribution in [3.05, 3.63) is 34.4 Å². The Morgan fingerprint density at radius 1 is 1.53 bits per heavy atom. The molecule has 3 nitrogen and oxygen atoms in total. The second-order valence-corrected chi connectivity index (χ2v) is 4.25. The highest BCUT2D eigenvalue weighted by Gasteiger charge is 2.22. The summed E-state index contributed by atoms with van der Waals surface area (Å²) in [4.78, 5) is 11.5. The number of hydrogen-bond donors (Lipinski definition) is 0. The zero-order valence-electron chi connectivity index (χ0n) is 10.3. The molecule has 0 amide bonds. The maximum absolute atomic E-state index is 13.1. The lowest BCUT2D eigenvalue weighted by Crippen LogP contribution is -2.12. The minimum absolute atomic E-state index is 0.0490. The molecule has 0 fully saturated rings. The maximum Gasteiger partial charge on any atom is 0.310 e. The van der Waals surface area contributed by atoms with Gasteiger partial charge in [-0.2, -0.15) is 5.26 Å². The zero-order valence-corrected chi connectivity index (χ0v) is 11.8. The smallest absolute Gasteiger partial charge is 0.310 e. The van der Waals surface area contributed by atoms with Crippen LogP contribution in [0.5, 0.6) is 0 Å². The van der Waals surface area contributed by atoms with Crippen LogP contribution in [0.1, 0.15) is 35.6 Å². The highest BCUT2D eigenvalue weighted by molar-refractivity contribution is 9.08. The molecule has 0 heterocycles. The van der Waals surface area contributed by atoms with Crippen LogP contribution in [-0.4, -0.2) is 12.6 Å². The Morgan fingerprint density at radius 2 is 2.21 bits per heavy atom. The van der Waals surface area contributed by atoms with Crippen LogP contribution in [0.15, 0.2) is 12.1 Å². The highest BCUT2D eigenvalue weighted by Crippen LogP contribution is 2.31. The van der Waals surface area contributed by atoms with Gasteiger partial charge in [-0.15, -0.1) is 0 Å². The van der Waals surface area contributed by atoms with Crippen molar-refractivity contribution in [2.75, 3.05) is 6.61 Å². The fraction of sp³-hybridized carbons (Fsp3) is 0.385. The van der Waals surface area contributed by atoms with Crippen molar-refractivity contribution in [3.8, 4) is 6.07 Å². The Kier molecular flexibility index (Phi) is 5.90. The number of nitrogens with zero attached hydrogens (tertiary/aromatic N) is 1. The first-order chi connectivity index (χ1) is 9.04. The third kappa shape index (κ3) is 3.74.